The second-order valence-electron chi connectivity index (χ2n) is 6.70. The quantitative estimate of drug-likeness (QED) is 0.642. The number of carbonyl (C=O) groups is 2. The zero-order valence-corrected chi connectivity index (χ0v) is 18.0. The third kappa shape index (κ3) is 5.38. The highest BCUT2D eigenvalue weighted by molar-refractivity contribution is 6.36. The van der Waals surface area contributed by atoms with Crippen molar-refractivity contribution >= 4 is 35.1 Å². The lowest BCUT2D eigenvalue weighted by atomic mass is 9.95. The van der Waals surface area contributed by atoms with E-state index in [4.69, 9.17) is 32.7 Å². The van der Waals surface area contributed by atoms with Crippen LogP contribution in [-0.2, 0) is 21.7 Å². The molecule has 1 aromatic carbocycles. The molecule has 2 rings (SSSR count). The van der Waals surface area contributed by atoms with Gasteiger partial charge in [-0.3, -0.25) is 4.79 Å². The van der Waals surface area contributed by atoms with E-state index in [0.717, 1.165) is 0 Å². The Labute approximate surface area is 178 Å². The molecule has 1 amide bonds. The van der Waals surface area contributed by atoms with Crippen molar-refractivity contribution in [2.24, 2.45) is 0 Å². The normalized spacial score (nSPS) is 13.1. The van der Waals surface area contributed by atoms with E-state index in [9.17, 15) is 14.7 Å². The molecule has 0 saturated heterocycles. The highest BCUT2D eigenvalue weighted by atomic mass is 35.5. The number of pyridine rings is 1. The number of carboxylic acid groups (broad SMARTS) is 1. The standard InChI is InChI=1S/C20H22Cl2N2O5/c1-11(2)29-20(3,19(26)27)13-7-12(18(28-4)24-10-13)9-23-17(25)15-6-5-14(21)8-16(15)22/h5-8,10-11H,9H2,1-4H3,(H,23,25)(H,26,27). The predicted octanol–water partition coefficient (Wildman–Crippen LogP) is 4.05. The summed E-state index contributed by atoms with van der Waals surface area (Å²) in [4.78, 5) is 28.5. The van der Waals surface area contributed by atoms with Gasteiger partial charge in [0.25, 0.3) is 5.91 Å². The van der Waals surface area contributed by atoms with Gasteiger partial charge in [0.15, 0.2) is 5.60 Å². The number of nitrogens with one attached hydrogen (secondary N) is 1. The Hall–Kier alpha value is -2.35. The number of aliphatic carboxylic acids is 1. The molecule has 0 aliphatic heterocycles. The minimum absolute atomic E-state index is 0.0409. The van der Waals surface area contributed by atoms with Crippen molar-refractivity contribution in [3.63, 3.8) is 0 Å². The number of hydrogen-bond acceptors (Lipinski definition) is 5. The summed E-state index contributed by atoms with van der Waals surface area (Å²) in [5.41, 5.74) is -0.528. The van der Waals surface area contributed by atoms with E-state index in [1.807, 2.05) is 0 Å². The molecule has 1 atom stereocenters. The van der Waals surface area contributed by atoms with Crippen LogP contribution in [-0.4, -0.2) is 35.2 Å². The summed E-state index contributed by atoms with van der Waals surface area (Å²) >= 11 is 11.9. The van der Waals surface area contributed by atoms with Crippen LogP contribution in [0.15, 0.2) is 30.5 Å². The number of hydrogen-bond donors (Lipinski definition) is 2. The predicted molar refractivity (Wildman–Crippen MR) is 110 cm³/mol. The molecule has 1 unspecified atom stereocenters. The molecule has 7 nitrogen and oxygen atoms in total. The van der Waals surface area contributed by atoms with Crippen LogP contribution in [0.5, 0.6) is 5.88 Å². The number of carbonyl (C=O) groups excluding carboxylic acids is 1. The van der Waals surface area contributed by atoms with E-state index in [0.29, 0.717) is 16.1 Å². The van der Waals surface area contributed by atoms with Crippen LogP contribution < -0.4 is 10.1 Å². The van der Waals surface area contributed by atoms with E-state index in [2.05, 4.69) is 10.3 Å². The van der Waals surface area contributed by atoms with Gasteiger partial charge in [-0.15, -0.1) is 0 Å². The summed E-state index contributed by atoms with van der Waals surface area (Å²) in [6.07, 6.45) is 1.06. The van der Waals surface area contributed by atoms with Crippen molar-refractivity contribution in [1.82, 2.24) is 10.3 Å². The number of ether oxygens (including phenoxy) is 2. The Morgan fingerprint density at radius 3 is 2.52 bits per heavy atom. The maximum absolute atomic E-state index is 12.5. The molecule has 1 aromatic heterocycles. The molecule has 0 saturated carbocycles. The lowest BCUT2D eigenvalue weighted by Gasteiger charge is -2.28. The molecule has 156 valence electrons. The van der Waals surface area contributed by atoms with Gasteiger partial charge in [-0.25, -0.2) is 9.78 Å². The van der Waals surface area contributed by atoms with E-state index >= 15 is 0 Å². The zero-order valence-electron chi connectivity index (χ0n) is 16.5. The molecule has 0 fully saturated rings. The molecule has 9 heteroatoms. The monoisotopic (exact) mass is 440 g/mol. The maximum Gasteiger partial charge on any atom is 0.340 e. The third-order valence-electron chi connectivity index (χ3n) is 4.16. The average molecular weight is 441 g/mol. The van der Waals surface area contributed by atoms with Crippen molar-refractivity contribution in [2.45, 2.75) is 39.0 Å². The first-order valence-corrected chi connectivity index (χ1v) is 9.52. The molecule has 0 aliphatic carbocycles. The topological polar surface area (TPSA) is 97.8 Å². The first-order chi connectivity index (χ1) is 13.6. The van der Waals surface area contributed by atoms with Gasteiger partial charge in [-0.1, -0.05) is 23.2 Å². The Morgan fingerprint density at radius 2 is 1.97 bits per heavy atom. The Kier molecular flexibility index (Phi) is 7.46. The molecule has 29 heavy (non-hydrogen) atoms. The van der Waals surface area contributed by atoms with Crippen LogP contribution in [0, 0.1) is 0 Å². The maximum atomic E-state index is 12.5. The Bertz CT molecular complexity index is 920. The summed E-state index contributed by atoms with van der Waals surface area (Å²) in [5, 5.41) is 13.1. The van der Waals surface area contributed by atoms with E-state index in [-0.39, 0.29) is 29.1 Å². The fourth-order valence-corrected chi connectivity index (χ4v) is 3.22. The molecule has 0 radical (unpaired) electrons. The summed E-state index contributed by atoms with van der Waals surface area (Å²) in [5.74, 6) is -1.31. The molecule has 0 spiro atoms. The highest BCUT2D eigenvalue weighted by Crippen LogP contribution is 2.30. The molecule has 2 aromatic rings. The summed E-state index contributed by atoms with van der Waals surface area (Å²) < 4.78 is 10.9. The highest BCUT2D eigenvalue weighted by Gasteiger charge is 2.38. The van der Waals surface area contributed by atoms with Crippen molar-refractivity contribution in [3.8, 4) is 5.88 Å². The molecule has 1 heterocycles. The lowest BCUT2D eigenvalue weighted by Crippen LogP contribution is -2.38. The average Bonchev–Trinajstić information content (AvgIpc) is 2.65. The second kappa shape index (κ2) is 9.43. The minimum Gasteiger partial charge on any atom is -0.481 e. The van der Waals surface area contributed by atoms with Crippen LogP contribution in [0.3, 0.4) is 0 Å². The Balaban J connectivity index is 2.31. The lowest BCUT2D eigenvalue weighted by molar-refractivity contribution is -0.170. The van der Waals surface area contributed by atoms with Gasteiger partial charge < -0.3 is 19.9 Å². The Morgan fingerprint density at radius 1 is 1.28 bits per heavy atom. The molecular formula is C20H22Cl2N2O5. The first-order valence-electron chi connectivity index (χ1n) is 8.76. The van der Waals surface area contributed by atoms with Gasteiger partial charge in [0.2, 0.25) is 5.88 Å². The van der Waals surface area contributed by atoms with Gasteiger partial charge in [0.05, 0.1) is 23.8 Å². The van der Waals surface area contributed by atoms with Gasteiger partial charge in [-0.2, -0.15) is 0 Å². The van der Waals surface area contributed by atoms with E-state index in [1.54, 1.807) is 26.0 Å². The SMILES string of the molecule is COc1ncc(C(C)(OC(C)C)C(=O)O)cc1CNC(=O)c1ccc(Cl)cc1Cl. The molecule has 0 aliphatic rings. The van der Waals surface area contributed by atoms with Gasteiger partial charge >= 0.3 is 5.97 Å². The van der Waals surface area contributed by atoms with Crippen LogP contribution in [0.2, 0.25) is 10.0 Å². The van der Waals surface area contributed by atoms with Crippen LogP contribution >= 0.6 is 23.2 Å². The smallest absolute Gasteiger partial charge is 0.340 e. The minimum atomic E-state index is -1.61. The fraction of sp³-hybridized carbons (Fsp3) is 0.350. The fourth-order valence-electron chi connectivity index (χ4n) is 2.73. The number of methoxy groups -OCH3 is 1. The first kappa shape index (κ1) is 22.9. The van der Waals surface area contributed by atoms with Gasteiger partial charge in [0.1, 0.15) is 0 Å². The zero-order chi connectivity index (χ0) is 21.8. The van der Waals surface area contributed by atoms with Crippen molar-refractivity contribution in [1.29, 1.82) is 0 Å². The molecule has 0 bridgehead atoms. The van der Waals surface area contributed by atoms with Crippen LogP contribution in [0.1, 0.15) is 42.3 Å². The number of nitrogens with zero attached hydrogens (tertiary/aromatic N) is 1. The number of aromatic nitrogens is 1. The summed E-state index contributed by atoms with van der Waals surface area (Å²) in [6.45, 7) is 4.98. The number of amides is 1. The van der Waals surface area contributed by atoms with Crippen molar-refractivity contribution in [3.05, 3.63) is 57.2 Å². The summed E-state index contributed by atoms with van der Waals surface area (Å²) in [7, 11) is 1.43. The third-order valence-corrected chi connectivity index (χ3v) is 4.71. The number of carboxylic acids is 1. The summed E-state index contributed by atoms with van der Waals surface area (Å²) in [6, 6.07) is 6.14. The molecular weight excluding hydrogens is 419 g/mol. The van der Waals surface area contributed by atoms with Crippen LogP contribution in [0.25, 0.3) is 0 Å². The van der Waals surface area contributed by atoms with E-state index in [1.165, 1.54) is 32.4 Å². The van der Waals surface area contributed by atoms with Crippen molar-refractivity contribution in [2.75, 3.05) is 7.11 Å². The van der Waals surface area contributed by atoms with Gasteiger partial charge in [-0.05, 0) is 45.0 Å². The second-order valence-corrected chi connectivity index (χ2v) is 7.55. The van der Waals surface area contributed by atoms with Gasteiger partial charge in [0, 0.05) is 28.9 Å². The largest absolute Gasteiger partial charge is 0.481 e. The van der Waals surface area contributed by atoms with Crippen LogP contribution in [0.4, 0.5) is 0 Å². The molecule has 2 N–H and O–H groups in total. The number of benzene rings is 1. The number of rotatable bonds is 8. The van der Waals surface area contributed by atoms with Crippen molar-refractivity contribution < 1.29 is 24.2 Å². The van der Waals surface area contributed by atoms with E-state index < -0.39 is 17.5 Å². The number of halogens is 2.